The van der Waals surface area contributed by atoms with Crippen LogP contribution in [0.2, 0.25) is 5.02 Å². The Kier molecular flexibility index (Phi) is 7.83. The third-order valence-corrected chi connectivity index (χ3v) is 5.92. The molecule has 0 spiro atoms. The minimum Gasteiger partial charge on any atom is -0.453 e. The minimum atomic E-state index is -0.688. The van der Waals surface area contributed by atoms with Gasteiger partial charge in [-0.15, -0.1) is 0 Å². The number of rotatable bonds is 6. The van der Waals surface area contributed by atoms with E-state index in [4.69, 9.17) is 22.1 Å². The maximum absolute atomic E-state index is 12.8. The quantitative estimate of drug-likeness (QED) is 0.548. The van der Waals surface area contributed by atoms with Crippen molar-refractivity contribution < 1.29 is 19.4 Å². The lowest BCUT2D eigenvalue weighted by Gasteiger charge is -2.32. The summed E-state index contributed by atoms with van der Waals surface area (Å²) in [5, 5.41) is 19.8. The molecule has 1 aliphatic rings. The first-order valence-electron chi connectivity index (χ1n) is 10.4. The number of amides is 2. The summed E-state index contributed by atoms with van der Waals surface area (Å²) in [5.41, 5.74) is 1.04. The molecule has 0 aliphatic carbocycles. The average molecular weight is 476 g/mol. The van der Waals surface area contributed by atoms with Crippen molar-refractivity contribution in [3.63, 3.8) is 0 Å². The van der Waals surface area contributed by atoms with Gasteiger partial charge in [-0.1, -0.05) is 11.6 Å². The normalized spacial score (nSPS) is 14.1. The standard InChI is InChI=1S/C22H26ClN5O5/c1-13-25-19(16-4-3-15(23)9-18(16)26-22(32)33-2)10-20(30)28(13)11-21(31)27-7-5-14(6-8-27)17(24)12-29/h3-4,9-10,14,24,29H,5-8,11-12H2,1-2H3,(H,26,32). The Morgan fingerprint density at radius 2 is 2.00 bits per heavy atom. The van der Waals surface area contributed by atoms with Gasteiger partial charge in [0.2, 0.25) is 5.91 Å². The number of hydrogen-bond donors (Lipinski definition) is 3. The van der Waals surface area contributed by atoms with Gasteiger partial charge in [0, 0.05) is 41.4 Å². The second kappa shape index (κ2) is 10.6. The number of nitrogens with one attached hydrogen (secondary N) is 2. The van der Waals surface area contributed by atoms with Gasteiger partial charge in [0.15, 0.2) is 0 Å². The van der Waals surface area contributed by atoms with Crippen LogP contribution in [0.5, 0.6) is 0 Å². The van der Waals surface area contributed by atoms with Crippen LogP contribution in [-0.4, -0.2) is 64.1 Å². The zero-order valence-corrected chi connectivity index (χ0v) is 19.2. The molecule has 3 rings (SSSR count). The molecule has 1 aliphatic heterocycles. The van der Waals surface area contributed by atoms with Crippen LogP contribution in [0.15, 0.2) is 29.1 Å². The number of carbonyl (C=O) groups excluding carboxylic acids is 2. The highest BCUT2D eigenvalue weighted by atomic mass is 35.5. The number of anilines is 1. The highest BCUT2D eigenvalue weighted by molar-refractivity contribution is 6.31. The Bertz CT molecular complexity index is 1120. The molecule has 1 aromatic carbocycles. The molecule has 1 saturated heterocycles. The van der Waals surface area contributed by atoms with Gasteiger partial charge in [-0.3, -0.25) is 19.5 Å². The van der Waals surface area contributed by atoms with Crippen molar-refractivity contribution in [2.24, 2.45) is 5.92 Å². The first-order valence-corrected chi connectivity index (χ1v) is 10.8. The Morgan fingerprint density at radius 3 is 2.61 bits per heavy atom. The first kappa shape index (κ1) is 24.4. The Hall–Kier alpha value is -3.24. The van der Waals surface area contributed by atoms with Gasteiger partial charge in [-0.05, 0) is 38.0 Å². The maximum Gasteiger partial charge on any atom is 0.411 e. The molecular formula is C22H26ClN5O5. The van der Waals surface area contributed by atoms with E-state index >= 15 is 0 Å². The fraction of sp³-hybridized carbons (Fsp3) is 0.409. The molecule has 1 fully saturated rings. The second-order valence-electron chi connectivity index (χ2n) is 7.76. The molecule has 0 saturated carbocycles. The number of aryl methyl sites for hydroxylation is 1. The largest absolute Gasteiger partial charge is 0.453 e. The molecule has 2 amide bonds. The smallest absolute Gasteiger partial charge is 0.411 e. The van der Waals surface area contributed by atoms with Gasteiger partial charge >= 0.3 is 6.09 Å². The summed E-state index contributed by atoms with van der Waals surface area (Å²) in [6.07, 6.45) is 0.540. The van der Waals surface area contributed by atoms with Crippen LogP contribution in [-0.2, 0) is 16.1 Å². The van der Waals surface area contributed by atoms with Crippen molar-refractivity contribution in [1.82, 2.24) is 14.5 Å². The van der Waals surface area contributed by atoms with Crippen molar-refractivity contribution >= 4 is 35.0 Å². The zero-order valence-electron chi connectivity index (χ0n) is 18.4. The molecule has 33 heavy (non-hydrogen) atoms. The highest BCUT2D eigenvalue weighted by Crippen LogP contribution is 2.29. The van der Waals surface area contributed by atoms with Crippen LogP contribution < -0.4 is 10.9 Å². The van der Waals surface area contributed by atoms with E-state index < -0.39 is 11.7 Å². The predicted molar refractivity (Wildman–Crippen MR) is 124 cm³/mol. The number of aliphatic hydroxyl groups is 1. The lowest BCUT2D eigenvalue weighted by atomic mass is 9.92. The van der Waals surface area contributed by atoms with Crippen molar-refractivity contribution in [1.29, 1.82) is 5.41 Å². The molecule has 11 heteroatoms. The predicted octanol–water partition coefficient (Wildman–Crippen LogP) is 2.30. The Labute approximate surface area is 195 Å². The minimum absolute atomic E-state index is 0.0170. The number of nitrogens with zero attached hydrogens (tertiary/aromatic N) is 3. The SMILES string of the molecule is COC(=O)Nc1cc(Cl)ccc1-c1cc(=O)n(CC(=O)N2CCC(C(=N)CO)CC2)c(C)n1. The van der Waals surface area contributed by atoms with Crippen LogP contribution in [0.25, 0.3) is 11.3 Å². The van der Waals surface area contributed by atoms with E-state index in [-0.39, 0.29) is 30.7 Å². The molecule has 0 radical (unpaired) electrons. The summed E-state index contributed by atoms with van der Waals surface area (Å²) < 4.78 is 5.94. The van der Waals surface area contributed by atoms with Gasteiger partial charge < -0.3 is 20.2 Å². The van der Waals surface area contributed by atoms with E-state index in [9.17, 15) is 14.4 Å². The number of halogens is 1. The molecule has 1 aromatic heterocycles. The molecule has 10 nitrogen and oxygen atoms in total. The van der Waals surface area contributed by atoms with Gasteiger partial charge in [-0.25, -0.2) is 9.78 Å². The van der Waals surface area contributed by atoms with E-state index in [0.717, 1.165) is 0 Å². The van der Waals surface area contributed by atoms with E-state index in [0.29, 0.717) is 53.7 Å². The Balaban J connectivity index is 1.79. The van der Waals surface area contributed by atoms with Gasteiger partial charge in [0.05, 0.1) is 25.1 Å². The second-order valence-corrected chi connectivity index (χ2v) is 8.19. The van der Waals surface area contributed by atoms with E-state index in [1.807, 2.05) is 0 Å². The lowest BCUT2D eigenvalue weighted by molar-refractivity contribution is -0.133. The van der Waals surface area contributed by atoms with Crippen molar-refractivity contribution in [3.05, 3.63) is 45.5 Å². The molecule has 176 valence electrons. The molecule has 0 bridgehead atoms. The molecule has 2 aromatic rings. The number of benzene rings is 1. The number of likely N-dealkylation sites (tertiary alicyclic amines) is 1. The average Bonchev–Trinajstić information content (AvgIpc) is 2.80. The van der Waals surface area contributed by atoms with Crippen LogP contribution >= 0.6 is 11.6 Å². The fourth-order valence-electron chi connectivity index (χ4n) is 3.80. The van der Waals surface area contributed by atoms with Gasteiger partial charge in [-0.2, -0.15) is 0 Å². The summed E-state index contributed by atoms with van der Waals surface area (Å²) in [7, 11) is 1.24. The van der Waals surface area contributed by atoms with E-state index in [2.05, 4.69) is 15.0 Å². The number of piperidine rings is 1. The number of aromatic nitrogens is 2. The number of ether oxygens (including phenoxy) is 1. The number of aliphatic hydroxyl groups excluding tert-OH is 1. The summed E-state index contributed by atoms with van der Waals surface area (Å²) in [6, 6.07) is 6.09. The third-order valence-electron chi connectivity index (χ3n) is 5.68. The van der Waals surface area contributed by atoms with Crippen LogP contribution in [0, 0.1) is 18.3 Å². The first-order chi connectivity index (χ1) is 15.7. The third kappa shape index (κ3) is 5.77. The summed E-state index contributed by atoms with van der Waals surface area (Å²) in [5.74, 6) is 0.127. The van der Waals surface area contributed by atoms with Crippen molar-refractivity contribution in [2.45, 2.75) is 26.3 Å². The molecule has 3 N–H and O–H groups in total. The van der Waals surface area contributed by atoms with Crippen LogP contribution in [0.3, 0.4) is 0 Å². The molecule has 0 atom stereocenters. The van der Waals surface area contributed by atoms with Gasteiger partial charge in [0.1, 0.15) is 12.4 Å². The zero-order chi connectivity index (χ0) is 24.1. The number of hydrogen-bond acceptors (Lipinski definition) is 7. The Morgan fingerprint density at radius 1 is 1.30 bits per heavy atom. The fourth-order valence-corrected chi connectivity index (χ4v) is 3.97. The van der Waals surface area contributed by atoms with Crippen LogP contribution in [0.1, 0.15) is 18.7 Å². The maximum atomic E-state index is 12.8. The van der Waals surface area contributed by atoms with Crippen molar-refractivity contribution in [3.8, 4) is 11.3 Å². The van der Waals surface area contributed by atoms with E-state index in [1.54, 1.807) is 24.0 Å². The highest BCUT2D eigenvalue weighted by Gasteiger charge is 2.25. The number of methoxy groups -OCH3 is 1. The molecular weight excluding hydrogens is 450 g/mol. The summed E-state index contributed by atoms with van der Waals surface area (Å²) in [4.78, 5) is 43.4. The van der Waals surface area contributed by atoms with Crippen molar-refractivity contribution in [2.75, 3.05) is 32.1 Å². The summed E-state index contributed by atoms with van der Waals surface area (Å²) >= 11 is 6.04. The monoisotopic (exact) mass is 475 g/mol. The van der Waals surface area contributed by atoms with Gasteiger partial charge in [0.25, 0.3) is 5.56 Å². The van der Waals surface area contributed by atoms with Crippen LogP contribution in [0.4, 0.5) is 10.5 Å². The lowest BCUT2D eigenvalue weighted by Crippen LogP contribution is -2.43. The topological polar surface area (TPSA) is 138 Å². The molecule has 2 heterocycles. The van der Waals surface area contributed by atoms with E-state index in [1.165, 1.54) is 23.8 Å². The molecule has 0 unspecified atom stereocenters. The summed E-state index contributed by atoms with van der Waals surface area (Å²) in [6.45, 7) is 2.16. The number of carbonyl (C=O) groups is 2.